The lowest BCUT2D eigenvalue weighted by Crippen LogP contribution is -1.86. The summed E-state index contributed by atoms with van der Waals surface area (Å²) in [6.45, 7) is 4.17. The lowest BCUT2D eigenvalue weighted by Gasteiger charge is -2.06. The van der Waals surface area contributed by atoms with Gasteiger partial charge in [-0.2, -0.15) is 0 Å². The van der Waals surface area contributed by atoms with Crippen LogP contribution in [0.3, 0.4) is 0 Å². The first kappa shape index (κ1) is 11.9. The largest absolute Gasteiger partial charge is 0.298 e. The highest BCUT2D eigenvalue weighted by Crippen LogP contribution is 2.26. The Balaban J connectivity index is 2.49. The zero-order chi connectivity index (χ0) is 12.4. The van der Waals surface area contributed by atoms with Gasteiger partial charge in [0, 0.05) is 5.56 Å². The van der Waals surface area contributed by atoms with Gasteiger partial charge in [0.1, 0.15) is 0 Å². The molecular formula is C15H13ClO. The highest BCUT2D eigenvalue weighted by atomic mass is 35.5. The van der Waals surface area contributed by atoms with E-state index in [0.717, 1.165) is 17.4 Å². The lowest BCUT2D eigenvalue weighted by atomic mass is 10.00. The standard InChI is InChI=1S/C15H13ClO/c1-10-3-4-12(7-11(10)2)13-5-6-14(9-17)15(16)8-13/h3-9H,1-2H3. The van der Waals surface area contributed by atoms with Crippen LogP contribution >= 0.6 is 11.6 Å². The number of carbonyl (C=O) groups excluding carboxylic acids is 1. The van der Waals surface area contributed by atoms with Crippen molar-refractivity contribution in [3.05, 3.63) is 58.1 Å². The Morgan fingerprint density at radius 1 is 0.941 bits per heavy atom. The van der Waals surface area contributed by atoms with Crippen molar-refractivity contribution in [2.24, 2.45) is 0 Å². The molecule has 0 radical (unpaired) electrons. The van der Waals surface area contributed by atoms with Crippen molar-refractivity contribution in [1.82, 2.24) is 0 Å². The summed E-state index contributed by atoms with van der Waals surface area (Å²) in [5, 5.41) is 0.496. The maximum absolute atomic E-state index is 10.7. The molecule has 0 unspecified atom stereocenters. The highest BCUT2D eigenvalue weighted by Gasteiger charge is 2.04. The van der Waals surface area contributed by atoms with Crippen molar-refractivity contribution in [1.29, 1.82) is 0 Å². The van der Waals surface area contributed by atoms with Gasteiger partial charge in [0.2, 0.25) is 0 Å². The molecule has 17 heavy (non-hydrogen) atoms. The van der Waals surface area contributed by atoms with Gasteiger partial charge in [0.15, 0.2) is 6.29 Å². The van der Waals surface area contributed by atoms with Crippen molar-refractivity contribution in [2.45, 2.75) is 13.8 Å². The molecule has 86 valence electrons. The molecule has 2 heteroatoms. The van der Waals surface area contributed by atoms with E-state index in [9.17, 15) is 4.79 Å². The smallest absolute Gasteiger partial charge is 0.151 e. The van der Waals surface area contributed by atoms with E-state index >= 15 is 0 Å². The summed E-state index contributed by atoms with van der Waals surface area (Å²) in [6.07, 6.45) is 0.770. The van der Waals surface area contributed by atoms with E-state index in [4.69, 9.17) is 11.6 Å². The van der Waals surface area contributed by atoms with Crippen LogP contribution in [0.1, 0.15) is 21.5 Å². The fourth-order valence-electron chi connectivity index (χ4n) is 1.72. The van der Waals surface area contributed by atoms with E-state index in [1.54, 1.807) is 6.07 Å². The number of aryl methyl sites for hydroxylation is 2. The summed E-state index contributed by atoms with van der Waals surface area (Å²) >= 11 is 6.02. The van der Waals surface area contributed by atoms with E-state index < -0.39 is 0 Å². The van der Waals surface area contributed by atoms with Crippen LogP contribution in [0, 0.1) is 13.8 Å². The molecule has 0 saturated heterocycles. The van der Waals surface area contributed by atoms with Crippen LogP contribution in [-0.4, -0.2) is 6.29 Å². The fourth-order valence-corrected chi connectivity index (χ4v) is 1.95. The maximum Gasteiger partial charge on any atom is 0.151 e. The van der Waals surface area contributed by atoms with E-state index in [1.807, 2.05) is 12.1 Å². The summed E-state index contributed by atoms with van der Waals surface area (Å²) in [4.78, 5) is 10.7. The molecular weight excluding hydrogens is 232 g/mol. The second kappa shape index (κ2) is 4.72. The number of benzene rings is 2. The van der Waals surface area contributed by atoms with Crippen molar-refractivity contribution < 1.29 is 4.79 Å². The maximum atomic E-state index is 10.7. The molecule has 0 aliphatic heterocycles. The third kappa shape index (κ3) is 2.40. The van der Waals surface area contributed by atoms with Crippen LogP contribution < -0.4 is 0 Å². The first-order valence-corrected chi connectivity index (χ1v) is 5.82. The molecule has 0 aromatic heterocycles. The molecule has 0 saturated carbocycles. The summed E-state index contributed by atoms with van der Waals surface area (Å²) < 4.78 is 0. The number of hydrogen-bond acceptors (Lipinski definition) is 1. The molecule has 2 aromatic carbocycles. The van der Waals surface area contributed by atoms with Crippen LogP contribution in [0.15, 0.2) is 36.4 Å². The minimum absolute atomic E-state index is 0.496. The van der Waals surface area contributed by atoms with Gasteiger partial charge in [-0.1, -0.05) is 35.9 Å². The Kier molecular flexibility index (Phi) is 3.30. The van der Waals surface area contributed by atoms with Crippen LogP contribution in [0.5, 0.6) is 0 Å². The third-order valence-electron chi connectivity index (χ3n) is 2.97. The number of rotatable bonds is 2. The first-order chi connectivity index (χ1) is 8.11. The molecule has 2 rings (SSSR count). The SMILES string of the molecule is Cc1ccc(-c2ccc(C=O)c(Cl)c2)cc1C. The van der Waals surface area contributed by atoms with Gasteiger partial charge in [0.05, 0.1) is 5.02 Å². The van der Waals surface area contributed by atoms with Crippen LogP contribution in [0.2, 0.25) is 5.02 Å². The van der Waals surface area contributed by atoms with Crippen molar-refractivity contribution in [3.63, 3.8) is 0 Å². The quantitative estimate of drug-likeness (QED) is 0.714. The van der Waals surface area contributed by atoms with Crippen LogP contribution in [0.25, 0.3) is 11.1 Å². The van der Waals surface area contributed by atoms with Crippen LogP contribution in [-0.2, 0) is 0 Å². The molecule has 0 amide bonds. The van der Waals surface area contributed by atoms with Gasteiger partial charge in [-0.25, -0.2) is 0 Å². The van der Waals surface area contributed by atoms with E-state index in [0.29, 0.717) is 10.6 Å². The number of aldehydes is 1. The van der Waals surface area contributed by atoms with E-state index in [2.05, 4.69) is 32.0 Å². The molecule has 0 N–H and O–H groups in total. The number of halogens is 1. The zero-order valence-electron chi connectivity index (χ0n) is 9.83. The molecule has 1 nitrogen and oxygen atoms in total. The second-order valence-electron chi connectivity index (χ2n) is 4.15. The van der Waals surface area contributed by atoms with Crippen molar-refractivity contribution in [2.75, 3.05) is 0 Å². The summed E-state index contributed by atoms with van der Waals surface area (Å²) in [6, 6.07) is 11.8. The second-order valence-corrected chi connectivity index (χ2v) is 4.56. The Morgan fingerprint density at radius 3 is 2.18 bits per heavy atom. The Bertz CT molecular complexity index is 573. The molecule has 0 bridgehead atoms. The fraction of sp³-hybridized carbons (Fsp3) is 0.133. The predicted octanol–water partition coefficient (Wildman–Crippen LogP) is 4.44. The third-order valence-corrected chi connectivity index (χ3v) is 3.29. The minimum Gasteiger partial charge on any atom is -0.298 e. The minimum atomic E-state index is 0.496. The Morgan fingerprint density at radius 2 is 1.59 bits per heavy atom. The lowest BCUT2D eigenvalue weighted by molar-refractivity contribution is 0.112. The van der Waals surface area contributed by atoms with Gasteiger partial charge in [-0.3, -0.25) is 4.79 Å². The van der Waals surface area contributed by atoms with Gasteiger partial charge < -0.3 is 0 Å². The Labute approximate surface area is 106 Å². The molecule has 2 aromatic rings. The molecule has 0 aliphatic rings. The normalized spacial score (nSPS) is 10.3. The molecule has 0 heterocycles. The van der Waals surface area contributed by atoms with Crippen molar-refractivity contribution >= 4 is 17.9 Å². The number of hydrogen-bond donors (Lipinski definition) is 0. The topological polar surface area (TPSA) is 17.1 Å². The average Bonchev–Trinajstić information content (AvgIpc) is 2.32. The summed E-state index contributed by atoms with van der Waals surface area (Å²) in [5.41, 5.74) is 5.19. The van der Waals surface area contributed by atoms with E-state index in [1.165, 1.54) is 11.1 Å². The zero-order valence-corrected chi connectivity index (χ0v) is 10.6. The Hall–Kier alpha value is -1.60. The predicted molar refractivity (Wildman–Crippen MR) is 71.7 cm³/mol. The van der Waals surface area contributed by atoms with Gasteiger partial charge in [0.25, 0.3) is 0 Å². The summed E-state index contributed by atoms with van der Waals surface area (Å²) in [5.74, 6) is 0. The van der Waals surface area contributed by atoms with Crippen molar-refractivity contribution in [3.8, 4) is 11.1 Å². The molecule has 0 atom stereocenters. The van der Waals surface area contributed by atoms with Gasteiger partial charge in [-0.15, -0.1) is 0 Å². The van der Waals surface area contributed by atoms with Crippen LogP contribution in [0.4, 0.5) is 0 Å². The molecule has 0 fully saturated rings. The molecule has 0 spiro atoms. The van der Waals surface area contributed by atoms with E-state index in [-0.39, 0.29) is 0 Å². The average molecular weight is 245 g/mol. The first-order valence-electron chi connectivity index (χ1n) is 5.44. The number of carbonyl (C=O) groups is 1. The highest BCUT2D eigenvalue weighted by molar-refractivity contribution is 6.33. The molecule has 0 aliphatic carbocycles. The summed E-state index contributed by atoms with van der Waals surface area (Å²) in [7, 11) is 0. The van der Waals surface area contributed by atoms with Gasteiger partial charge >= 0.3 is 0 Å². The monoisotopic (exact) mass is 244 g/mol. The van der Waals surface area contributed by atoms with Gasteiger partial charge in [-0.05, 0) is 48.2 Å².